The van der Waals surface area contributed by atoms with Gasteiger partial charge in [-0.1, -0.05) is 23.8 Å². The van der Waals surface area contributed by atoms with Gasteiger partial charge in [-0.05, 0) is 50.2 Å². The third-order valence-corrected chi connectivity index (χ3v) is 5.45. The van der Waals surface area contributed by atoms with Crippen LogP contribution in [0.1, 0.15) is 29.5 Å². The Morgan fingerprint density at radius 2 is 2.06 bits per heavy atom. The molecule has 1 aliphatic rings. The Bertz CT molecular complexity index is 503. The van der Waals surface area contributed by atoms with Gasteiger partial charge in [0.1, 0.15) is 0 Å². The van der Waals surface area contributed by atoms with E-state index in [0.29, 0.717) is 17.4 Å². The smallest absolute Gasteiger partial charge is 0.150 e. The van der Waals surface area contributed by atoms with Crippen LogP contribution in [0.2, 0.25) is 0 Å². The average molecular weight is 252 g/mol. The van der Waals surface area contributed by atoms with Crippen LogP contribution < -0.4 is 0 Å². The van der Waals surface area contributed by atoms with Gasteiger partial charge in [-0.3, -0.25) is 0 Å². The molecule has 0 spiro atoms. The van der Waals surface area contributed by atoms with E-state index < -0.39 is 9.84 Å². The average Bonchev–Trinajstić information content (AvgIpc) is 2.21. The maximum atomic E-state index is 11.6. The summed E-state index contributed by atoms with van der Waals surface area (Å²) in [4.78, 5) is 0. The van der Waals surface area contributed by atoms with Crippen molar-refractivity contribution in [2.45, 2.75) is 33.1 Å². The van der Waals surface area contributed by atoms with Crippen LogP contribution in [0.25, 0.3) is 0 Å². The lowest BCUT2D eigenvalue weighted by molar-refractivity contribution is 0.483. The van der Waals surface area contributed by atoms with Gasteiger partial charge in [0.05, 0.1) is 11.5 Å². The zero-order valence-corrected chi connectivity index (χ0v) is 11.4. The third-order valence-electron chi connectivity index (χ3n) is 3.56. The zero-order valence-electron chi connectivity index (χ0n) is 10.6. The van der Waals surface area contributed by atoms with E-state index in [9.17, 15) is 8.42 Å². The molecule has 2 nitrogen and oxygen atoms in total. The van der Waals surface area contributed by atoms with Crippen molar-refractivity contribution in [1.29, 1.82) is 0 Å². The molecule has 0 unspecified atom stereocenters. The molecule has 1 aliphatic heterocycles. The first-order chi connectivity index (χ1) is 7.96. The van der Waals surface area contributed by atoms with Crippen LogP contribution in [-0.2, 0) is 16.3 Å². The molecule has 1 saturated heterocycles. The lowest BCUT2D eigenvalue weighted by Crippen LogP contribution is -2.26. The van der Waals surface area contributed by atoms with Crippen molar-refractivity contribution in [3.05, 3.63) is 34.9 Å². The Morgan fingerprint density at radius 1 is 1.29 bits per heavy atom. The van der Waals surface area contributed by atoms with Crippen LogP contribution >= 0.6 is 0 Å². The number of hydrogen-bond acceptors (Lipinski definition) is 2. The normalized spacial score (nSPS) is 23.5. The molecule has 1 atom stereocenters. The Labute approximate surface area is 104 Å². The first-order valence-corrected chi connectivity index (χ1v) is 8.05. The fourth-order valence-electron chi connectivity index (χ4n) is 2.66. The minimum atomic E-state index is -2.77. The van der Waals surface area contributed by atoms with Gasteiger partial charge in [0.2, 0.25) is 0 Å². The summed E-state index contributed by atoms with van der Waals surface area (Å²) >= 11 is 0. The van der Waals surface area contributed by atoms with Gasteiger partial charge in [-0.15, -0.1) is 0 Å². The van der Waals surface area contributed by atoms with Crippen LogP contribution in [0.4, 0.5) is 0 Å². The van der Waals surface area contributed by atoms with Gasteiger partial charge < -0.3 is 0 Å². The van der Waals surface area contributed by atoms with Crippen molar-refractivity contribution in [1.82, 2.24) is 0 Å². The van der Waals surface area contributed by atoms with Crippen molar-refractivity contribution in [3.8, 4) is 0 Å². The topological polar surface area (TPSA) is 34.1 Å². The lowest BCUT2D eigenvalue weighted by atomic mass is 9.93. The van der Waals surface area contributed by atoms with E-state index >= 15 is 0 Å². The highest BCUT2D eigenvalue weighted by atomic mass is 32.2. The van der Waals surface area contributed by atoms with Gasteiger partial charge in [-0.25, -0.2) is 8.42 Å². The maximum Gasteiger partial charge on any atom is 0.150 e. The molecule has 0 bridgehead atoms. The fraction of sp³-hybridized carbons (Fsp3) is 0.571. The van der Waals surface area contributed by atoms with Crippen LogP contribution in [0.3, 0.4) is 0 Å². The number of benzene rings is 1. The Morgan fingerprint density at radius 3 is 2.71 bits per heavy atom. The Hall–Kier alpha value is -0.830. The number of hydrogen-bond donors (Lipinski definition) is 0. The second-order valence-corrected chi connectivity index (χ2v) is 7.49. The molecular weight excluding hydrogens is 232 g/mol. The van der Waals surface area contributed by atoms with Gasteiger partial charge in [0.25, 0.3) is 0 Å². The van der Waals surface area contributed by atoms with Crippen LogP contribution in [0.5, 0.6) is 0 Å². The van der Waals surface area contributed by atoms with Crippen molar-refractivity contribution in [2.75, 3.05) is 11.5 Å². The Balaban J connectivity index is 2.10. The lowest BCUT2D eigenvalue weighted by Gasteiger charge is -2.22. The highest BCUT2D eigenvalue weighted by molar-refractivity contribution is 7.91. The molecular formula is C14H20O2S. The van der Waals surface area contributed by atoms with E-state index in [0.717, 1.165) is 19.3 Å². The highest BCUT2D eigenvalue weighted by Gasteiger charge is 2.24. The quantitative estimate of drug-likeness (QED) is 0.811. The SMILES string of the molecule is Cc1ccc(C[C@H]2CCCS(=O)(=O)C2)c(C)c1. The van der Waals surface area contributed by atoms with E-state index in [1.807, 2.05) is 0 Å². The van der Waals surface area contributed by atoms with Crippen molar-refractivity contribution < 1.29 is 8.42 Å². The van der Waals surface area contributed by atoms with Crippen LogP contribution in [0, 0.1) is 19.8 Å². The van der Waals surface area contributed by atoms with Gasteiger partial charge in [-0.2, -0.15) is 0 Å². The molecule has 0 radical (unpaired) electrons. The molecule has 1 aromatic rings. The molecule has 0 aromatic heterocycles. The second kappa shape index (κ2) is 4.81. The summed E-state index contributed by atoms with van der Waals surface area (Å²) in [5.41, 5.74) is 3.85. The summed E-state index contributed by atoms with van der Waals surface area (Å²) in [6.07, 6.45) is 2.79. The summed E-state index contributed by atoms with van der Waals surface area (Å²) in [6, 6.07) is 6.43. The summed E-state index contributed by atoms with van der Waals surface area (Å²) in [6.45, 7) is 4.20. The van der Waals surface area contributed by atoms with Gasteiger partial charge in [0, 0.05) is 0 Å². The largest absolute Gasteiger partial charge is 0.229 e. The van der Waals surface area contributed by atoms with E-state index in [-0.39, 0.29) is 0 Å². The standard InChI is InChI=1S/C14H20O2S/c1-11-5-6-14(12(2)8-11)9-13-4-3-7-17(15,16)10-13/h5-6,8,13H,3-4,7,9-10H2,1-2H3/t13-/m1/s1. The first kappa shape index (κ1) is 12.6. The van der Waals surface area contributed by atoms with E-state index in [4.69, 9.17) is 0 Å². The third kappa shape index (κ3) is 3.32. The predicted molar refractivity (Wildman–Crippen MR) is 71.0 cm³/mol. The molecule has 0 aliphatic carbocycles. The number of aryl methyl sites for hydroxylation is 2. The van der Waals surface area contributed by atoms with E-state index in [1.54, 1.807) is 0 Å². The van der Waals surface area contributed by atoms with Crippen LogP contribution in [0.15, 0.2) is 18.2 Å². The summed E-state index contributed by atoms with van der Waals surface area (Å²) in [5.74, 6) is 1.08. The summed E-state index contributed by atoms with van der Waals surface area (Å²) in [5, 5.41) is 0. The predicted octanol–water partition coefficient (Wildman–Crippen LogP) is 2.67. The molecule has 0 amide bonds. The summed E-state index contributed by atoms with van der Waals surface area (Å²) < 4.78 is 23.2. The number of rotatable bonds is 2. The minimum absolute atomic E-state index is 0.315. The molecule has 1 fully saturated rings. The van der Waals surface area contributed by atoms with E-state index in [2.05, 4.69) is 32.0 Å². The fourth-order valence-corrected chi connectivity index (χ4v) is 4.44. The molecule has 1 heterocycles. The molecule has 0 N–H and O–H groups in total. The molecule has 1 aromatic carbocycles. The van der Waals surface area contributed by atoms with Gasteiger partial charge in [0.15, 0.2) is 9.84 Å². The molecule has 94 valence electrons. The maximum absolute atomic E-state index is 11.6. The molecule has 17 heavy (non-hydrogen) atoms. The van der Waals surface area contributed by atoms with Crippen molar-refractivity contribution >= 4 is 9.84 Å². The Kier molecular flexibility index (Phi) is 3.57. The summed E-state index contributed by atoms with van der Waals surface area (Å²) in [7, 11) is -2.77. The number of sulfone groups is 1. The second-order valence-electron chi connectivity index (χ2n) is 5.26. The minimum Gasteiger partial charge on any atom is -0.229 e. The molecule has 2 rings (SSSR count). The van der Waals surface area contributed by atoms with E-state index in [1.165, 1.54) is 16.7 Å². The van der Waals surface area contributed by atoms with Gasteiger partial charge >= 0.3 is 0 Å². The highest BCUT2D eigenvalue weighted by Crippen LogP contribution is 2.24. The monoisotopic (exact) mass is 252 g/mol. The molecule has 3 heteroatoms. The molecule has 0 saturated carbocycles. The van der Waals surface area contributed by atoms with Crippen LogP contribution in [-0.4, -0.2) is 19.9 Å². The van der Waals surface area contributed by atoms with Crippen molar-refractivity contribution in [3.63, 3.8) is 0 Å². The van der Waals surface area contributed by atoms with Crippen molar-refractivity contribution in [2.24, 2.45) is 5.92 Å². The first-order valence-electron chi connectivity index (χ1n) is 6.23. The zero-order chi connectivity index (χ0) is 12.5.